The number of allylic oxidation sites excluding steroid dienone is 1. The molecule has 2 aliphatic heterocycles. The zero-order chi connectivity index (χ0) is 47.3. The second kappa shape index (κ2) is 31.8. The van der Waals surface area contributed by atoms with E-state index in [9.17, 15) is 23.8 Å². The molecule has 0 fully saturated rings. The van der Waals surface area contributed by atoms with Crippen molar-refractivity contribution in [2.24, 2.45) is 0 Å². The van der Waals surface area contributed by atoms with Crippen molar-refractivity contribution in [3.05, 3.63) is 40.9 Å². The van der Waals surface area contributed by atoms with Crippen molar-refractivity contribution < 1.29 is 55.5 Å². The number of rotatable bonds is 39. The van der Waals surface area contributed by atoms with Crippen LogP contribution < -0.4 is 5.32 Å². The molecule has 0 radical (unpaired) electrons. The van der Waals surface area contributed by atoms with Crippen LogP contribution in [-0.4, -0.2) is 76.9 Å². The summed E-state index contributed by atoms with van der Waals surface area (Å²) in [4.78, 5) is 49.0. The smallest absolute Gasteiger partial charge is 0.462 e. The van der Waals surface area contributed by atoms with Crippen LogP contribution in [0, 0.1) is 13.8 Å². The fraction of sp³-hybridized carbons (Fsp3) is 0.755. The van der Waals surface area contributed by atoms with Crippen molar-refractivity contribution in [2.45, 2.75) is 214 Å². The summed E-state index contributed by atoms with van der Waals surface area (Å²) in [6.07, 6.45) is 34.1. The predicted octanol–water partition coefficient (Wildman–Crippen LogP) is 12.4. The summed E-state index contributed by atoms with van der Waals surface area (Å²) in [5.41, 5.74) is 1.36. The summed E-state index contributed by atoms with van der Waals surface area (Å²) in [5, 5.41) is 2.46. The molecule has 0 aromatic carbocycles. The van der Waals surface area contributed by atoms with Gasteiger partial charge in [-0.05, 0) is 44.0 Å². The molecular formula is C49H83BF2N3O9P. The van der Waals surface area contributed by atoms with E-state index in [1.807, 2.05) is 0 Å². The van der Waals surface area contributed by atoms with Crippen LogP contribution in [0.5, 0.6) is 0 Å². The molecule has 2 N–H and O–H groups in total. The quantitative estimate of drug-likeness (QED) is 0.0285. The zero-order valence-corrected chi connectivity index (χ0v) is 41.3. The summed E-state index contributed by atoms with van der Waals surface area (Å²) < 4.78 is 67.2. The van der Waals surface area contributed by atoms with Crippen molar-refractivity contribution in [1.29, 1.82) is 0 Å². The van der Waals surface area contributed by atoms with Crippen LogP contribution in [-0.2, 0) is 37.5 Å². The van der Waals surface area contributed by atoms with Gasteiger partial charge in [0.25, 0.3) is 0 Å². The number of nitrogens with zero attached hydrogens (tertiary/aromatic N) is 2. The summed E-state index contributed by atoms with van der Waals surface area (Å²) in [6.45, 7) is 1.73. The van der Waals surface area contributed by atoms with E-state index >= 15 is 8.63 Å². The maximum atomic E-state index is 15.8. The lowest BCUT2D eigenvalue weighted by atomic mass is 9.90. The van der Waals surface area contributed by atoms with Gasteiger partial charge in [0, 0.05) is 43.3 Å². The van der Waals surface area contributed by atoms with E-state index in [4.69, 9.17) is 18.5 Å². The Kier molecular flexibility index (Phi) is 27.5. The number of esters is 2. The zero-order valence-electron chi connectivity index (χ0n) is 40.4. The highest BCUT2D eigenvalue weighted by Crippen LogP contribution is 2.43. The Labute approximate surface area is 389 Å². The predicted molar refractivity (Wildman–Crippen MR) is 256 cm³/mol. The van der Waals surface area contributed by atoms with Crippen LogP contribution in [0.3, 0.4) is 0 Å². The third-order valence-electron chi connectivity index (χ3n) is 12.3. The normalized spacial score (nSPS) is 15.3. The number of amides is 1. The monoisotopic (exact) mass is 938 g/mol. The molecule has 16 heteroatoms. The molecule has 3 rings (SSSR count). The second-order valence-electron chi connectivity index (χ2n) is 18.1. The average molecular weight is 938 g/mol. The molecule has 0 spiro atoms. The largest absolute Gasteiger partial charge is 0.737 e. The molecule has 12 nitrogen and oxygen atoms in total. The van der Waals surface area contributed by atoms with Gasteiger partial charge in [-0.3, -0.25) is 23.4 Å². The Morgan fingerprint density at radius 3 is 1.69 bits per heavy atom. The third-order valence-corrected chi connectivity index (χ3v) is 13.3. The van der Waals surface area contributed by atoms with E-state index in [1.54, 1.807) is 26.0 Å². The van der Waals surface area contributed by atoms with Gasteiger partial charge in [0.2, 0.25) is 5.71 Å². The number of ether oxygens (including phenoxy) is 2. The molecule has 1 aromatic rings. The first kappa shape index (κ1) is 56.2. The summed E-state index contributed by atoms with van der Waals surface area (Å²) >= 11 is 0. The Bertz CT molecular complexity index is 1730. The van der Waals surface area contributed by atoms with Gasteiger partial charge in [0.05, 0.1) is 13.2 Å². The van der Waals surface area contributed by atoms with Gasteiger partial charge in [-0.25, -0.2) is 4.57 Å². The molecule has 2 aliphatic rings. The van der Waals surface area contributed by atoms with Crippen molar-refractivity contribution >= 4 is 44.4 Å². The number of halogens is 2. The Hall–Kier alpha value is -3.13. The van der Waals surface area contributed by atoms with Crippen LogP contribution in [0.4, 0.5) is 8.63 Å². The summed E-state index contributed by atoms with van der Waals surface area (Å²) in [5.74, 6) is -1.80. The Balaban J connectivity index is 1.40. The minimum atomic E-state index is -4.75. The van der Waals surface area contributed by atoms with E-state index < -0.39 is 52.0 Å². The van der Waals surface area contributed by atoms with Crippen molar-refractivity contribution in [3.63, 3.8) is 0 Å². The number of phosphoric acid groups is 1. The Morgan fingerprint density at radius 2 is 1.18 bits per heavy atom. The lowest BCUT2D eigenvalue weighted by molar-refractivity contribution is -0.360. The summed E-state index contributed by atoms with van der Waals surface area (Å²) in [7, 11) is -4.75. The van der Waals surface area contributed by atoms with Crippen molar-refractivity contribution in [2.75, 3.05) is 26.4 Å². The van der Waals surface area contributed by atoms with E-state index in [-0.39, 0.29) is 37.4 Å². The Morgan fingerprint density at radius 1 is 0.708 bits per heavy atom. The number of hydrogen-bond donors (Lipinski definition) is 2. The number of fused-ring (bicyclic) bond motifs is 2. The lowest BCUT2D eigenvalue weighted by Gasteiger charge is -2.30. The molecule has 0 saturated carbocycles. The van der Waals surface area contributed by atoms with Crippen LogP contribution in [0.1, 0.15) is 211 Å². The van der Waals surface area contributed by atoms with E-state index in [0.717, 1.165) is 43.0 Å². The molecule has 1 aromatic heterocycles. The lowest BCUT2D eigenvalue weighted by Crippen LogP contribution is -2.52. The molecule has 0 aliphatic carbocycles. The molecule has 1 amide bonds. The van der Waals surface area contributed by atoms with Crippen LogP contribution >= 0.6 is 7.82 Å². The molecular weight excluding hydrogens is 854 g/mol. The molecule has 2 unspecified atom stereocenters. The van der Waals surface area contributed by atoms with Crippen LogP contribution in [0.15, 0.2) is 23.9 Å². The molecule has 0 saturated heterocycles. The second-order valence-corrected chi connectivity index (χ2v) is 19.6. The number of aryl methyl sites for hydroxylation is 2. The van der Waals surface area contributed by atoms with Gasteiger partial charge in [0.1, 0.15) is 6.61 Å². The first-order valence-corrected chi connectivity index (χ1v) is 26.8. The van der Waals surface area contributed by atoms with Gasteiger partial charge in [0.15, 0.2) is 11.8 Å². The van der Waals surface area contributed by atoms with Crippen LogP contribution in [0.25, 0.3) is 6.08 Å². The van der Waals surface area contributed by atoms with E-state index in [1.165, 1.54) is 128 Å². The standard InChI is InChI=1S/C49H83BF2N3O9P/c1-5-7-9-11-13-15-17-19-21-23-25-27-29-31-47(56)61-39-44(64-48(57)32-30-28-26-24-22-20-18-16-14-12-10-8-6-2)40-63-65(59,60)62-36-35-53-49(58)45-34-33-43-38-46-41(3)37-42(4)54(46)50(51,52)55(43)45/h33-34,37-38,44H,5-32,35-36,39-40H2,1-4H3,(H,53,58)(H,59,60). The van der Waals surface area contributed by atoms with Gasteiger partial charge < -0.3 is 37.3 Å². The van der Waals surface area contributed by atoms with Gasteiger partial charge in [-0.2, -0.15) is 0 Å². The minimum absolute atomic E-state index is 0.149. The van der Waals surface area contributed by atoms with E-state index in [0.29, 0.717) is 34.3 Å². The number of phosphoric ester groups is 1. The number of hydrogen-bond acceptors (Lipinski definition) is 8. The highest BCUT2D eigenvalue weighted by Gasteiger charge is 2.53. The van der Waals surface area contributed by atoms with E-state index in [2.05, 4.69) is 19.2 Å². The topological polar surface area (TPSA) is 145 Å². The highest BCUT2D eigenvalue weighted by atomic mass is 31.2. The SMILES string of the molecule is CCCCCCCCCCCCCCCC(=O)OCC(COP(=O)(O)OCCNC(=O)C1=[N+]2C(=Cc3c(C)cc(C)n3[B-]2(F)F)C=C1)OC(=O)CCCCCCCCCCCCCCC. The van der Waals surface area contributed by atoms with Gasteiger partial charge in [-0.15, -0.1) is 0 Å². The first-order chi connectivity index (χ1) is 31.3. The third kappa shape index (κ3) is 21.6. The molecule has 0 bridgehead atoms. The van der Waals surface area contributed by atoms with Crippen LogP contribution in [0.2, 0.25) is 0 Å². The summed E-state index contributed by atoms with van der Waals surface area (Å²) in [6, 6.07) is 1.67. The maximum Gasteiger partial charge on any atom is 0.737 e. The molecule has 2 atom stereocenters. The van der Waals surface area contributed by atoms with Crippen molar-refractivity contribution in [3.8, 4) is 0 Å². The number of aromatic nitrogens is 1. The average Bonchev–Trinajstić information content (AvgIpc) is 3.84. The number of carbonyl (C=O) groups is 3. The number of nitrogens with one attached hydrogen (secondary N) is 1. The molecule has 65 heavy (non-hydrogen) atoms. The fourth-order valence-electron chi connectivity index (χ4n) is 8.63. The molecule has 3 heterocycles. The van der Waals surface area contributed by atoms with Gasteiger partial charge >= 0.3 is 32.6 Å². The maximum absolute atomic E-state index is 15.8. The van der Waals surface area contributed by atoms with Gasteiger partial charge in [-0.1, -0.05) is 168 Å². The number of unbranched alkanes of at least 4 members (excludes halogenated alkanes) is 24. The highest BCUT2D eigenvalue weighted by molar-refractivity contribution is 7.47. The first-order valence-electron chi connectivity index (χ1n) is 25.3. The molecule has 370 valence electrons. The minimum Gasteiger partial charge on any atom is -0.462 e. The van der Waals surface area contributed by atoms with Crippen molar-refractivity contribution in [1.82, 2.24) is 9.79 Å². The fourth-order valence-corrected chi connectivity index (χ4v) is 9.38. The number of carbonyl (C=O) groups excluding carboxylic acids is 3.